The maximum Gasteiger partial charge on any atom is 0.336 e. The van der Waals surface area contributed by atoms with E-state index >= 15 is 0 Å². The van der Waals surface area contributed by atoms with Gasteiger partial charge in [-0.3, -0.25) is 19.9 Å². The first kappa shape index (κ1) is 28.5. The van der Waals surface area contributed by atoms with Gasteiger partial charge in [-0.05, 0) is 39.2 Å². The number of hydrogen-bond acceptors (Lipinski definition) is 10. The second-order valence-electron chi connectivity index (χ2n) is 8.74. The van der Waals surface area contributed by atoms with E-state index in [-0.39, 0.29) is 17.9 Å². The molecule has 0 spiro atoms. The largest absolute Gasteiger partial charge is 0.468 e. The van der Waals surface area contributed by atoms with Gasteiger partial charge in [0.1, 0.15) is 10.3 Å². The molecule has 11 heteroatoms. The maximum atomic E-state index is 13.2. The fourth-order valence-corrected chi connectivity index (χ4v) is 6.20. The monoisotopic (exact) mass is 545 g/mol. The van der Waals surface area contributed by atoms with Gasteiger partial charge in [-0.1, -0.05) is 36.7 Å². The summed E-state index contributed by atoms with van der Waals surface area (Å²) in [6.45, 7) is 5.59. The number of non-ortho nitro benzene ring substituents is 1. The van der Waals surface area contributed by atoms with Crippen LogP contribution in [0.4, 0.5) is 5.69 Å². The molecule has 0 aliphatic carbocycles. The smallest absolute Gasteiger partial charge is 0.336 e. The highest BCUT2D eigenvalue weighted by Gasteiger charge is 2.42. The van der Waals surface area contributed by atoms with E-state index in [1.54, 1.807) is 43.0 Å². The molecule has 1 aromatic heterocycles. The molecule has 0 fully saturated rings. The van der Waals surface area contributed by atoms with Gasteiger partial charge in [-0.2, -0.15) is 0 Å². The van der Waals surface area contributed by atoms with Gasteiger partial charge in [-0.25, -0.2) is 9.78 Å². The van der Waals surface area contributed by atoms with E-state index in [0.29, 0.717) is 23.4 Å². The summed E-state index contributed by atoms with van der Waals surface area (Å²) in [4.78, 5) is 45.7. The molecule has 2 heterocycles. The Labute approximate surface area is 224 Å². The molecule has 1 aromatic carbocycles. The number of methoxy groups -OCH3 is 1. The van der Waals surface area contributed by atoms with Crippen LogP contribution in [-0.2, 0) is 19.1 Å². The third kappa shape index (κ3) is 7.48. The topological polar surface area (TPSA) is 121 Å². The number of nitro groups is 1. The number of carbonyl (C=O) groups excluding carboxylic acids is 2. The predicted octanol–water partition coefficient (Wildman–Crippen LogP) is 5.88. The number of benzene rings is 1. The third-order valence-electron chi connectivity index (χ3n) is 6.04. The lowest BCUT2D eigenvalue weighted by atomic mass is 9.75. The number of nitrogens with zero attached hydrogens (tertiary/aromatic N) is 3. The number of carbonyl (C=O) groups is 2. The number of ether oxygens (including phenoxy) is 2. The zero-order valence-corrected chi connectivity index (χ0v) is 23.0. The summed E-state index contributed by atoms with van der Waals surface area (Å²) in [7, 11) is 1.26. The number of thioether (sulfide) groups is 1. The molecule has 1 aliphatic heterocycles. The van der Waals surface area contributed by atoms with E-state index in [2.05, 4.69) is 9.98 Å². The van der Waals surface area contributed by atoms with Gasteiger partial charge in [0.2, 0.25) is 0 Å². The van der Waals surface area contributed by atoms with Crippen molar-refractivity contribution in [2.75, 3.05) is 19.5 Å². The number of hydrogen-bond donors (Lipinski definition) is 0. The van der Waals surface area contributed by atoms with Gasteiger partial charge in [0, 0.05) is 46.3 Å². The molecule has 1 aliphatic rings. The molecule has 37 heavy (non-hydrogen) atoms. The number of nitro benzene ring substituents is 1. The fourth-order valence-electron chi connectivity index (χ4n) is 4.28. The molecule has 0 amide bonds. The molecular weight excluding hydrogens is 514 g/mol. The normalized spacial score (nSPS) is 17.4. The first-order valence-electron chi connectivity index (χ1n) is 12.0. The lowest BCUT2D eigenvalue weighted by Crippen LogP contribution is -2.36. The highest BCUT2D eigenvalue weighted by Crippen LogP contribution is 2.41. The molecule has 2 atom stereocenters. The van der Waals surface area contributed by atoms with Gasteiger partial charge in [0.05, 0.1) is 24.2 Å². The summed E-state index contributed by atoms with van der Waals surface area (Å²) in [5.41, 5.74) is 2.49. The van der Waals surface area contributed by atoms with Crippen LogP contribution in [0, 0.1) is 23.0 Å². The van der Waals surface area contributed by atoms with Crippen LogP contribution in [0.1, 0.15) is 56.7 Å². The second-order valence-corrected chi connectivity index (χ2v) is 10.9. The molecule has 0 bridgehead atoms. The minimum absolute atomic E-state index is 0.130. The van der Waals surface area contributed by atoms with Crippen LogP contribution >= 0.6 is 23.1 Å². The molecule has 9 nitrogen and oxygen atoms in total. The van der Waals surface area contributed by atoms with Crippen molar-refractivity contribution in [3.8, 4) is 0 Å². The SMILES string of the molecule is COC(=O)C1C(C)=NC(C)=C(C(=O)OCCCCCCSc2nc(C)cs2)C1c1cccc([N+](=O)[O-])c1. The molecule has 0 radical (unpaired) electrons. The molecule has 0 saturated carbocycles. The number of esters is 2. The number of rotatable bonds is 12. The summed E-state index contributed by atoms with van der Waals surface area (Å²) in [6.07, 6.45) is 3.69. The first-order chi connectivity index (χ1) is 17.7. The molecule has 2 unspecified atom stereocenters. The van der Waals surface area contributed by atoms with Crippen molar-refractivity contribution in [3.63, 3.8) is 0 Å². The maximum absolute atomic E-state index is 13.2. The summed E-state index contributed by atoms with van der Waals surface area (Å²) in [5, 5.41) is 13.4. The Bertz CT molecular complexity index is 1210. The second kappa shape index (κ2) is 13.5. The lowest BCUT2D eigenvalue weighted by Gasteiger charge is -2.31. The van der Waals surface area contributed by atoms with Gasteiger partial charge in [0.15, 0.2) is 0 Å². The summed E-state index contributed by atoms with van der Waals surface area (Å²) < 4.78 is 11.7. The number of aromatic nitrogens is 1. The molecular formula is C26H31N3O6S2. The molecule has 0 saturated heterocycles. The van der Waals surface area contributed by atoms with Crippen molar-refractivity contribution < 1.29 is 24.0 Å². The fraction of sp³-hybridized carbons (Fsp3) is 0.462. The Kier molecular flexibility index (Phi) is 10.4. The Morgan fingerprint density at radius 3 is 2.59 bits per heavy atom. The molecule has 2 aromatic rings. The number of unbranched alkanes of at least 4 members (excludes halogenated alkanes) is 3. The van der Waals surface area contributed by atoms with Crippen LogP contribution in [0.5, 0.6) is 0 Å². The first-order valence-corrected chi connectivity index (χ1v) is 13.9. The number of thiazole rings is 1. The average molecular weight is 546 g/mol. The van der Waals surface area contributed by atoms with Crippen molar-refractivity contribution >= 4 is 46.4 Å². The Balaban J connectivity index is 1.64. The average Bonchev–Trinajstić information content (AvgIpc) is 3.29. The summed E-state index contributed by atoms with van der Waals surface area (Å²) in [5.74, 6) is -1.84. The van der Waals surface area contributed by atoms with E-state index < -0.39 is 28.7 Å². The third-order valence-corrected chi connectivity index (χ3v) is 8.26. The number of allylic oxidation sites excluding steroid dienone is 1. The van der Waals surface area contributed by atoms with Crippen molar-refractivity contribution in [3.05, 3.63) is 62.3 Å². The predicted molar refractivity (Wildman–Crippen MR) is 144 cm³/mol. The lowest BCUT2D eigenvalue weighted by molar-refractivity contribution is -0.384. The Hall–Kier alpha value is -3.05. The van der Waals surface area contributed by atoms with Crippen molar-refractivity contribution in [1.82, 2.24) is 4.98 Å². The van der Waals surface area contributed by atoms with Crippen LogP contribution in [0.15, 0.2) is 50.2 Å². The van der Waals surface area contributed by atoms with E-state index in [9.17, 15) is 19.7 Å². The number of aryl methyl sites for hydroxylation is 1. The quantitative estimate of drug-likeness (QED) is 0.107. The zero-order valence-electron chi connectivity index (χ0n) is 21.4. The van der Waals surface area contributed by atoms with Crippen LogP contribution in [-0.4, -0.2) is 47.0 Å². The van der Waals surface area contributed by atoms with E-state index in [4.69, 9.17) is 9.47 Å². The minimum Gasteiger partial charge on any atom is -0.468 e. The highest BCUT2D eigenvalue weighted by atomic mass is 32.2. The van der Waals surface area contributed by atoms with Gasteiger partial charge >= 0.3 is 11.9 Å². The Morgan fingerprint density at radius 1 is 1.16 bits per heavy atom. The van der Waals surface area contributed by atoms with Crippen molar-refractivity contribution in [2.24, 2.45) is 10.9 Å². The van der Waals surface area contributed by atoms with E-state index in [1.165, 1.54) is 25.3 Å². The van der Waals surface area contributed by atoms with Crippen molar-refractivity contribution in [1.29, 1.82) is 0 Å². The molecule has 0 N–H and O–H groups in total. The highest BCUT2D eigenvalue weighted by molar-refractivity contribution is 8.01. The van der Waals surface area contributed by atoms with Gasteiger partial charge < -0.3 is 9.47 Å². The summed E-state index contributed by atoms with van der Waals surface area (Å²) in [6, 6.07) is 5.95. The van der Waals surface area contributed by atoms with Gasteiger partial charge in [-0.15, -0.1) is 11.3 Å². The van der Waals surface area contributed by atoms with Crippen LogP contribution < -0.4 is 0 Å². The summed E-state index contributed by atoms with van der Waals surface area (Å²) >= 11 is 3.42. The van der Waals surface area contributed by atoms with Gasteiger partial charge in [0.25, 0.3) is 5.69 Å². The van der Waals surface area contributed by atoms with Crippen molar-refractivity contribution in [2.45, 2.75) is 56.7 Å². The van der Waals surface area contributed by atoms with E-state index in [0.717, 1.165) is 35.0 Å². The molecule has 198 valence electrons. The van der Waals surface area contributed by atoms with Crippen LogP contribution in [0.25, 0.3) is 0 Å². The minimum atomic E-state index is -0.891. The van der Waals surface area contributed by atoms with Crippen LogP contribution in [0.2, 0.25) is 0 Å². The zero-order chi connectivity index (χ0) is 26.9. The molecule has 3 rings (SSSR count). The standard InChI is InChI=1S/C26H31N3O6S2/c1-16-15-37-26(27-16)36-13-8-6-5-7-12-35-25(31)22-18(3)28-17(2)21(24(30)34-4)23(22)19-10-9-11-20(14-19)29(32)33/h9-11,14-15,21,23H,5-8,12-13H2,1-4H3. The van der Waals surface area contributed by atoms with E-state index in [1.807, 2.05) is 12.3 Å². The van der Waals surface area contributed by atoms with Crippen LogP contribution in [0.3, 0.4) is 0 Å². The Morgan fingerprint density at radius 2 is 1.92 bits per heavy atom. The number of aliphatic imine (C=N–C) groups is 1.